The minimum Gasteiger partial charge on any atom is -0.337 e. The fraction of sp³-hybridized carbons (Fsp3) is 0.438. The number of nitrogens with one attached hydrogen (secondary N) is 2. The van der Waals surface area contributed by atoms with Gasteiger partial charge >= 0.3 is 0 Å². The van der Waals surface area contributed by atoms with Crippen molar-refractivity contribution in [2.24, 2.45) is 0 Å². The standard InChI is InChI=1S/C16H19N5S2/c1-12-10-22-15(19-12)13(7-17)8-18-16-20-14(11-23-16)9-21-5-3-2-4-6-21/h8,10-11H,2-6,9H2,1H3,(H,18,20)/p+1/b13-8+. The Hall–Kier alpha value is -1.75. The van der Waals surface area contributed by atoms with Crippen molar-refractivity contribution < 1.29 is 4.90 Å². The minimum atomic E-state index is 0.543. The van der Waals surface area contributed by atoms with Crippen LogP contribution in [0.3, 0.4) is 0 Å². The second-order valence-corrected chi connectivity index (χ2v) is 7.46. The molecule has 2 aromatic heterocycles. The van der Waals surface area contributed by atoms with Gasteiger partial charge in [-0.25, -0.2) is 9.97 Å². The summed E-state index contributed by atoms with van der Waals surface area (Å²) in [7, 11) is 0. The zero-order valence-electron chi connectivity index (χ0n) is 13.1. The van der Waals surface area contributed by atoms with E-state index in [9.17, 15) is 5.26 Å². The van der Waals surface area contributed by atoms with Crippen LogP contribution in [0, 0.1) is 18.3 Å². The van der Waals surface area contributed by atoms with Gasteiger partial charge in [0.1, 0.15) is 28.9 Å². The van der Waals surface area contributed by atoms with E-state index in [2.05, 4.69) is 26.7 Å². The third-order valence-corrected chi connectivity index (χ3v) is 5.67. The number of hydrogen-bond donors (Lipinski definition) is 2. The molecule has 0 unspecified atom stereocenters. The summed E-state index contributed by atoms with van der Waals surface area (Å²) in [6, 6.07) is 2.19. The third-order valence-electron chi connectivity index (χ3n) is 3.85. The molecule has 0 atom stereocenters. The molecule has 1 aliphatic heterocycles. The molecule has 2 N–H and O–H groups in total. The first-order valence-electron chi connectivity index (χ1n) is 7.82. The second kappa shape index (κ2) is 7.68. The molecule has 0 aliphatic carbocycles. The zero-order chi connectivity index (χ0) is 16.1. The summed E-state index contributed by atoms with van der Waals surface area (Å²) < 4.78 is 0. The zero-order valence-corrected chi connectivity index (χ0v) is 14.8. The molecule has 0 aromatic carbocycles. The van der Waals surface area contributed by atoms with Crippen LogP contribution in [-0.4, -0.2) is 23.1 Å². The van der Waals surface area contributed by atoms with Gasteiger partial charge in [-0.2, -0.15) is 5.26 Å². The van der Waals surface area contributed by atoms with Crippen LogP contribution in [0.25, 0.3) is 5.57 Å². The molecule has 1 fully saturated rings. The number of aromatic nitrogens is 2. The van der Waals surface area contributed by atoms with Gasteiger partial charge in [0.25, 0.3) is 0 Å². The van der Waals surface area contributed by atoms with Gasteiger partial charge in [-0.1, -0.05) is 0 Å². The highest BCUT2D eigenvalue weighted by molar-refractivity contribution is 7.13. The van der Waals surface area contributed by atoms with Crippen LogP contribution >= 0.6 is 22.7 Å². The quantitative estimate of drug-likeness (QED) is 0.816. The number of hydrogen-bond acceptors (Lipinski definition) is 6. The molecule has 0 amide bonds. The number of anilines is 1. The lowest BCUT2D eigenvalue weighted by Gasteiger charge is -2.22. The fourth-order valence-electron chi connectivity index (χ4n) is 2.69. The van der Waals surface area contributed by atoms with Gasteiger partial charge in [-0.3, -0.25) is 0 Å². The maximum Gasteiger partial charge on any atom is 0.187 e. The summed E-state index contributed by atoms with van der Waals surface area (Å²) in [6.45, 7) is 5.43. The Morgan fingerprint density at radius 1 is 1.30 bits per heavy atom. The lowest BCUT2D eigenvalue weighted by atomic mass is 10.1. The molecule has 1 saturated heterocycles. The molecule has 120 valence electrons. The van der Waals surface area contributed by atoms with E-state index in [1.165, 1.54) is 43.7 Å². The fourth-order valence-corrected chi connectivity index (χ4v) is 4.14. The molecule has 1 aliphatic rings. The van der Waals surface area contributed by atoms with Gasteiger partial charge in [-0.15, -0.1) is 22.7 Å². The molecule has 7 heteroatoms. The minimum absolute atomic E-state index is 0.543. The van der Waals surface area contributed by atoms with E-state index in [-0.39, 0.29) is 0 Å². The Kier molecular flexibility index (Phi) is 5.39. The Morgan fingerprint density at radius 3 is 2.83 bits per heavy atom. The van der Waals surface area contributed by atoms with Crippen molar-refractivity contribution in [3.05, 3.63) is 33.4 Å². The summed E-state index contributed by atoms with van der Waals surface area (Å²) in [5, 5.41) is 18.0. The number of thiazole rings is 2. The smallest absolute Gasteiger partial charge is 0.187 e. The number of aryl methyl sites for hydroxylation is 1. The Bertz CT molecular complexity index is 719. The van der Waals surface area contributed by atoms with Gasteiger partial charge in [0.2, 0.25) is 0 Å². The average molecular weight is 347 g/mol. The number of likely N-dealkylation sites (tertiary alicyclic amines) is 1. The maximum atomic E-state index is 9.28. The predicted octanol–water partition coefficient (Wildman–Crippen LogP) is 2.45. The van der Waals surface area contributed by atoms with E-state index in [0.29, 0.717) is 5.57 Å². The summed E-state index contributed by atoms with van der Waals surface area (Å²) in [4.78, 5) is 10.6. The van der Waals surface area contributed by atoms with Crippen molar-refractivity contribution in [3.63, 3.8) is 0 Å². The highest BCUT2D eigenvalue weighted by Gasteiger charge is 2.15. The van der Waals surface area contributed by atoms with Gasteiger partial charge in [0.15, 0.2) is 5.13 Å². The SMILES string of the molecule is Cc1csc(/C(C#N)=C/Nc2nc(C[NH+]3CCCCC3)cs2)n1. The topological polar surface area (TPSA) is 66.0 Å². The van der Waals surface area contributed by atoms with Crippen LogP contribution in [0.5, 0.6) is 0 Å². The normalized spacial score (nSPS) is 16.3. The molecule has 0 radical (unpaired) electrons. The van der Waals surface area contributed by atoms with Crippen LogP contribution in [0.2, 0.25) is 0 Å². The second-order valence-electron chi connectivity index (χ2n) is 5.74. The molecular weight excluding hydrogens is 326 g/mol. The van der Waals surface area contributed by atoms with Gasteiger partial charge in [0.05, 0.1) is 13.1 Å². The number of quaternary nitrogens is 1. The molecule has 0 spiro atoms. The first-order valence-corrected chi connectivity index (χ1v) is 9.58. The van der Waals surface area contributed by atoms with E-state index in [4.69, 9.17) is 0 Å². The number of nitriles is 1. The van der Waals surface area contributed by atoms with Crippen molar-refractivity contribution in [3.8, 4) is 6.07 Å². The van der Waals surface area contributed by atoms with Crippen molar-refractivity contribution in [2.75, 3.05) is 18.4 Å². The van der Waals surface area contributed by atoms with Crippen LogP contribution in [0.1, 0.15) is 35.7 Å². The average Bonchev–Trinajstić information content (AvgIpc) is 3.19. The number of rotatable bonds is 5. The lowest BCUT2D eigenvalue weighted by Crippen LogP contribution is -3.11. The van der Waals surface area contributed by atoms with Crippen molar-refractivity contribution >= 4 is 33.4 Å². The van der Waals surface area contributed by atoms with Crippen molar-refractivity contribution in [1.29, 1.82) is 5.26 Å². The van der Waals surface area contributed by atoms with Gasteiger partial charge in [-0.05, 0) is 26.2 Å². The Morgan fingerprint density at radius 2 is 2.13 bits per heavy atom. The largest absolute Gasteiger partial charge is 0.337 e. The summed E-state index contributed by atoms with van der Waals surface area (Å²) in [5.41, 5.74) is 2.61. The molecule has 23 heavy (non-hydrogen) atoms. The number of nitrogens with zero attached hydrogens (tertiary/aromatic N) is 3. The molecule has 3 rings (SSSR count). The molecule has 5 nitrogen and oxygen atoms in total. The molecular formula is C16H20N5S2+. The Balaban J connectivity index is 1.61. The summed E-state index contributed by atoms with van der Waals surface area (Å²) in [6.07, 6.45) is 5.72. The highest BCUT2D eigenvalue weighted by atomic mass is 32.1. The van der Waals surface area contributed by atoms with E-state index >= 15 is 0 Å². The molecule has 0 saturated carbocycles. The third kappa shape index (κ3) is 4.38. The number of allylic oxidation sites excluding steroid dienone is 1. The molecule has 2 aromatic rings. The van der Waals surface area contributed by atoms with Crippen LogP contribution in [-0.2, 0) is 6.54 Å². The van der Waals surface area contributed by atoms with Crippen molar-refractivity contribution in [1.82, 2.24) is 9.97 Å². The number of piperidine rings is 1. The maximum absolute atomic E-state index is 9.28. The van der Waals surface area contributed by atoms with Gasteiger partial charge < -0.3 is 10.2 Å². The predicted molar refractivity (Wildman–Crippen MR) is 94.4 cm³/mol. The van der Waals surface area contributed by atoms with Gasteiger partial charge in [0, 0.05) is 22.7 Å². The van der Waals surface area contributed by atoms with Crippen LogP contribution < -0.4 is 10.2 Å². The van der Waals surface area contributed by atoms with E-state index in [0.717, 1.165) is 28.1 Å². The van der Waals surface area contributed by atoms with Crippen LogP contribution in [0.4, 0.5) is 5.13 Å². The van der Waals surface area contributed by atoms with E-state index < -0.39 is 0 Å². The first-order chi connectivity index (χ1) is 11.2. The monoisotopic (exact) mass is 346 g/mol. The summed E-state index contributed by atoms with van der Waals surface area (Å²) >= 11 is 3.07. The highest BCUT2D eigenvalue weighted by Crippen LogP contribution is 2.20. The van der Waals surface area contributed by atoms with E-state index in [1.807, 2.05) is 12.3 Å². The van der Waals surface area contributed by atoms with Crippen molar-refractivity contribution in [2.45, 2.75) is 32.7 Å². The molecule has 0 bridgehead atoms. The first kappa shape index (κ1) is 16.1. The van der Waals surface area contributed by atoms with Crippen LogP contribution in [0.15, 0.2) is 17.0 Å². The Labute approximate surface area is 144 Å². The molecule has 3 heterocycles. The lowest BCUT2D eigenvalue weighted by molar-refractivity contribution is -0.918. The summed E-state index contributed by atoms with van der Waals surface area (Å²) in [5.74, 6) is 0. The van der Waals surface area contributed by atoms with E-state index in [1.54, 1.807) is 22.4 Å².